The summed E-state index contributed by atoms with van der Waals surface area (Å²) in [6.07, 6.45) is 2.05. The van der Waals surface area contributed by atoms with Crippen LogP contribution in [0.3, 0.4) is 0 Å². The van der Waals surface area contributed by atoms with E-state index in [0.29, 0.717) is 34.9 Å². The number of aryl methyl sites for hydroxylation is 1. The Morgan fingerprint density at radius 2 is 1.76 bits per heavy atom. The maximum absolute atomic E-state index is 13.6. The van der Waals surface area contributed by atoms with Gasteiger partial charge in [-0.25, -0.2) is 0 Å². The molecule has 5 rings (SSSR count). The van der Waals surface area contributed by atoms with Crippen molar-refractivity contribution in [3.8, 4) is 17.4 Å². The Labute approximate surface area is 275 Å². The average Bonchev–Trinajstić information content (AvgIpc) is 3.56. The third-order valence-electron chi connectivity index (χ3n) is 8.45. The van der Waals surface area contributed by atoms with Crippen LogP contribution in [0.4, 0.5) is 0 Å². The molecular weight excluding hydrogens is 598 g/mol. The first-order chi connectivity index (χ1) is 22.3. The molecule has 3 aromatic carbocycles. The van der Waals surface area contributed by atoms with E-state index in [1.165, 1.54) is 11.1 Å². The molecule has 0 unspecified atom stereocenters. The Morgan fingerprint density at radius 1 is 1.02 bits per heavy atom. The summed E-state index contributed by atoms with van der Waals surface area (Å²) in [5.74, 6) is 1.02. The molecule has 8 nitrogen and oxygen atoms in total. The van der Waals surface area contributed by atoms with Crippen molar-refractivity contribution in [3.63, 3.8) is 0 Å². The van der Waals surface area contributed by atoms with Gasteiger partial charge in [-0.1, -0.05) is 53.6 Å². The summed E-state index contributed by atoms with van der Waals surface area (Å²) in [4.78, 5) is 26.5. The minimum absolute atomic E-state index is 0.00280. The van der Waals surface area contributed by atoms with E-state index >= 15 is 0 Å². The third kappa shape index (κ3) is 8.85. The van der Waals surface area contributed by atoms with Crippen molar-refractivity contribution >= 4 is 23.4 Å². The fourth-order valence-electron chi connectivity index (χ4n) is 5.60. The number of amides is 2. The predicted molar refractivity (Wildman–Crippen MR) is 180 cm³/mol. The second-order valence-corrected chi connectivity index (χ2v) is 12.3. The normalized spacial score (nSPS) is 14.7. The maximum Gasteiger partial charge on any atom is 0.253 e. The molecule has 4 N–H and O–H groups in total. The van der Waals surface area contributed by atoms with Crippen LogP contribution in [0, 0.1) is 24.2 Å². The van der Waals surface area contributed by atoms with Crippen LogP contribution in [-0.2, 0) is 17.8 Å². The van der Waals surface area contributed by atoms with Crippen LogP contribution in [0.2, 0.25) is 5.02 Å². The molecule has 46 heavy (non-hydrogen) atoms. The van der Waals surface area contributed by atoms with E-state index in [4.69, 9.17) is 16.0 Å². The molecule has 0 radical (unpaired) electrons. The molecule has 2 amide bonds. The lowest BCUT2D eigenvalue weighted by atomic mass is 9.97. The Kier molecular flexibility index (Phi) is 11.3. The molecule has 9 heteroatoms. The van der Waals surface area contributed by atoms with Crippen LogP contribution in [0.1, 0.15) is 64.2 Å². The number of nitrogens with zero attached hydrogens (tertiary/aromatic N) is 1. The number of hydrogen-bond acceptors (Lipinski definition) is 6. The van der Waals surface area contributed by atoms with Crippen LogP contribution in [0.25, 0.3) is 11.3 Å². The van der Waals surface area contributed by atoms with Gasteiger partial charge in [-0.15, -0.1) is 0 Å². The van der Waals surface area contributed by atoms with Crippen LogP contribution < -0.4 is 21.3 Å². The number of carbonyl (C=O) groups excluding carboxylic acids is 2. The predicted octanol–water partition coefficient (Wildman–Crippen LogP) is 6.09. The van der Waals surface area contributed by atoms with Gasteiger partial charge in [-0.2, -0.15) is 5.26 Å². The van der Waals surface area contributed by atoms with Gasteiger partial charge in [0.05, 0.1) is 34.8 Å². The molecule has 1 aliphatic rings. The van der Waals surface area contributed by atoms with Crippen LogP contribution in [0.5, 0.6) is 0 Å². The standard InChI is InChI=1S/C37H40ClN5O3/c1-24-3-9-28(10-4-24)25(2)41-23-32-12-14-35(46-32)30-11-13-34(38)33(20-30)37(45)43-31(19-26-5-7-27(21-39)8-6-26)22-42-36(44)29-15-17-40-18-16-29/h3-14,20,25,29,31,40-41H,15-19,22-23H2,1-2H3,(H,42,44)(H,43,45)/t25-,31-/m1/s1. The lowest BCUT2D eigenvalue weighted by Gasteiger charge is -2.24. The molecule has 2 heterocycles. The fourth-order valence-corrected chi connectivity index (χ4v) is 5.80. The second-order valence-electron chi connectivity index (χ2n) is 11.9. The second kappa shape index (κ2) is 15.7. The zero-order valence-electron chi connectivity index (χ0n) is 26.2. The molecule has 1 aromatic heterocycles. The van der Waals surface area contributed by atoms with Gasteiger partial charge in [0.25, 0.3) is 5.91 Å². The van der Waals surface area contributed by atoms with E-state index in [0.717, 1.165) is 42.8 Å². The summed E-state index contributed by atoms with van der Waals surface area (Å²) in [7, 11) is 0. The molecule has 1 saturated heterocycles. The topological polar surface area (TPSA) is 119 Å². The monoisotopic (exact) mass is 637 g/mol. The van der Waals surface area contributed by atoms with Crippen molar-refractivity contribution in [2.24, 2.45) is 5.92 Å². The highest BCUT2D eigenvalue weighted by Crippen LogP contribution is 2.27. The van der Waals surface area contributed by atoms with Crippen LogP contribution in [0.15, 0.2) is 83.3 Å². The van der Waals surface area contributed by atoms with Crippen molar-refractivity contribution in [1.29, 1.82) is 5.26 Å². The minimum Gasteiger partial charge on any atom is -0.460 e. The number of benzene rings is 3. The summed E-state index contributed by atoms with van der Waals surface area (Å²) in [6.45, 7) is 6.64. The highest BCUT2D eigenvalue weighted by atomic mass is 35.5. The van der Waals surface area contributed by atoms with E-state index in [1.54, 1.807) is 24.3 Å². The van der Waals surface area contributed by atoms with Crippen molar-refractivity contribution < 1.29 is 14.0 Å². The highest BCUT2D eigenvalue weighted by Gasteiger charge is 2.23. The van der Waals surface area contributed by atoms with Crippen LogP contribution >= 0.6 is 11.6 Å². The molecule has 0 spiro atoms. The summed E-state index contributed by atoms with van der Waals surface area (Å²) in [5.41, 5.74) is 4.98. The van der Waals surface area contributed by atoms with Gasteiger partial charge < -0.3 is 25.7 Å². The van der Waals surface area contributed by atoms with Crippen LogP contribution in [-0.4, -0.2) is 37.5 Å². The summed E-state index contributed by atoms with van der Waals surface area (Å²) in [5, 5.41) is 22.4. The summed E-state index contributed by atoms with van der Waals surface area (Å²) < 4.78 is 6.14. The van der Waals surface area contributed by atoms with Gasteiger partial charge in [0.2, 0.25) is 5.91 Å². The lowest BCUT2D eigenvalue weighted by Crippen LogP contribution is -2.47. The van der Waals surface area contributed by atoms with E-state index in [-0.39, 0.29) is 30.3 Å². The largest absolute Gasteiger partial charge is 0.460 e. The highest BCUT2D eigenvalue weighted by molar-refractivity contribution is 6.34. The summed E-state index contributed by atoms with van der Waals surface area (Å²) in [6, 6.07) is 26.6. The van der Waals surface area contributed by atoms with E-state index in [2.05, 4.69) is 65.4 Å². The van der Waals surface area contributed by atoms with E-state index < -0.39 is 6.04 Å². The molecule has 238 valence electrons. The van der Waals surface area contributed by atoms with Crippen molar-refractivity contribution in [3.05, 3.63) is 117 Å². The smallest absolute Gasteiger partial charge is 0.253 e. The maximum atomic E-state index is 13.6. The number of halogens is 1. The number of nitrogens with one attached hydrogen (secondary N) is 4. The van der Waals surface area contributed by atoms with Gasteiger partial charge in [0.15, 0.2) is 0 Å². The van der Waals surface area contributed by atoms with Gasteiger partial charge >= 0.3 is 0 Å². The van der Waals surface area contributed by atoms with Crippen molar-refractivity contribution in [1.82, 2.24) is 21.3 Å². The molecule has 0 aliphatic carbocycles. The number of nitriles is 1. The third-order valence-corrected chi connectivity index (χ3v) is 8.78. The van der Waals surface area contributed by atoms with Gasteiger partial charge in [0, 0.05) is 24.1 Å². The molecule has 0 bridgehead atoms. The molecule has 0 saturated carbocycles. The number of hydrogen-bond donors (Lipinski definition) is 4. The Balaban J connectivity index is 1.26. The van der Waals surface area contributed by atoms with Gasteiger partial charge in [-0.05, 0) is 99.8 Å². The Bertz CT molecular complexity index is 1670. The lowest BCUT2D eigenvalue weighted by molar-refractivity contribution is -0.125. The first-order valence-electron chi connectivity index (χ1n) is 15.8. The SMILES string of the molecule is Cc1ccc([C@@H](C)NCc2ccc(-c3ccc(Cl)c(C(=O)N[C@@H](CNC(=O)C4CCNCC4)Cc4ccc(C#N)cc4)c3)o2)cc1. The first kappa shape index (κ1) is 33.0. The summed E-state index contributed by atoms with van der Waals surface area (Å²) >= 11 is 6.53. The Morgan fingerprint density at radius 3 is 2.48 bits per heavy atom. The quantitative estimate of drug-likeness (QED) is 0.149. The Hall–Kier alpha value is -4.42. The fraction of sp³-hybridized carbons (Fsp3) is 0.324. The molecule has 1 fully saturated rings. The molecule has 1 aliphatic heterocycles. The van der Waals surface area contributed by atoms with Gasteiger partial charge in [-0.3, -0.25) is 9.59 Å². The van der Waals surface area contributed by atoms with Gasteiger partial charge in [0.1, 0.15) is 11.5 Å². The molecule has 4 aromatic rings. The molecular formula is C37H40ClN5O3. The number of furan rings is 1. The van der Waals surface area contributed by atoms with E-state index in [9.17, 15) is 14.9 Å². The molecule has 2 atom stereocenters. The average molecular weight is 638 g/mol. The first-order valence-corrected chi connectivity index (χ1v) is 16.1. The zero-order chi connectivity index (χ0) is 32.5. The number of piperidine rings is 1. The number of carbonyl (C=O) groups is 2. The zero-order valence-corrected chi connectivity index (χ0v) is 27.0. The van der Waals surface area contributed by atoms with Crippen molar-refractivity contribution in [2.45, 2.75) is 51.7 Å². The van der Waals surface area contributed by atoms with Crippen molar-refractivity contribution in [2.75, 3.05) is 19.6 Å². The minimum atomic E-state index is -0.400. The number of rotatable bonds is 12. The van der Waals surface area contributed by atoms with E-state index in [1.807, 2.05) is 30.3 Å².